The zero-order valence-electron chi connectivity index (χ0n) is 9.80. The van der Waals surface area contributed by atoms with E-state index in [0.29, 0.717) is 5.70 Å². The van der Waals surface area contributed by atoms with Crippen LogP contribution < -0.4 is 5.73 Å². The summed E-state index contributed by atoms with van der Waals surface area (Å²) in [6.07, 6.45) is 9.18. The lowest BCUT2D eigenvalue weighted by molar-refractivity contribution is 0.997. The molecule has 80 valence electrons. The Morgan fingerprint density at radius 3 is 2.20 bits per heavy atom. The van der Waals surface area contributed by atoms with Crippen molar-refractivity contribution in [3.8, 4) is 12.3 Å². The van der Waals surface area contributed by atoms with Gasteiger partial charge in [-0.3, -0.25) is 0 Å². The van der Waals surface area contributed by atoms with Crippen LogP contribution in [-0.2, 0) is 0 Å². The van der Waals surface area contributed by atoms with Gasteiger partial charge in [0.25, 0.3) is 0 Å². The van der Waals surface area contributed by atoms with E-state index in [-0.39, 0.29) is 5.92 Å². The third kappa shape index (κ3) is 3.18. The second kappa shape index (κ2) is 5.93. The highest BCUT2D eigenvalue weighted by Gasteiger charge is 2.11. The lowest BCUT2D eigenvalue weighted by atomic mass is 9.90. The van der Waals surface area contributed by atoms with Crippen molar-refractivity contribution in [2.45, 2.75) is 20.8 Å². The van der Waals surface area contributed by atoms with Crippen molar-refractivity contribution in [1.82, 2.24) is 0 Å². The van der Waals surface area contributed by atoms with Crippen molar-refractivity contribution < 1.29 is 0 Å². The molecule has 0 rings (SSSR count). The van der Waals surface area contributed by atoms with Gasteiger partial charge in [-0.2, -0.15) is 0 Å². The average Bonchev–Trinajstić information content (AvgIpc) is 2.23. The first-order valence-corrected chi connectivity index (χ1v) is 4.87. The monoisotopic (exact) mass is 201 g/mol. The quantitative estimate of drug-likeness (QED) is 0.422. The summed E-state index contributed by atoms with van der Waals surface area (Å²) in [7, 11) is 0. The van der Waals surface area contributed by atoms with E-state index in [1.807, 2.05) is 26.8 Å². The third-order valence-electron chi connectivity index (χ3n) is 2.54. The summed E-state index contributed by atoms with van der Waals surface area (Å²) >= 11 is 0. The Morgan fingerprint density at radius 1 is 1.40 bits per heavy atom. The minimum absolute atomic E-state index is 0.0655. The molecule has 1 nitrogen and oxygen atoms in total. The maximum Gasteiger partial charge on any atom is 0.0627 e. The molecule has 0 aliphatic heterocycles. The molecule has 0 aromatic carbocycles. The van der Waals surface area contributed by atoms with Crippen LogP contribution in [0.15, 0.2) is 47.7 Å². The predicted molar refractivity (Wildman–Crippen MR) is 68.0 cm³/mol. The van der Waals surface area contributed by atoms with Gasteiger partial charge >= 0.3 is 0 Å². The fraction of sp³-hybridized carbons (Fsp3) is 0.286. The van der Waals surface area contributed by atoms with E-state index in [1.165, 1.54) is 0 Å². The summed E-state index contributed by atoms with van der Waals surface area (Å²) in [4.78, 5) is 0. The van der Waals surface area contributed by atoms with Crippen molar-refractivity contribution in [2.24, 2.45) is 11.7 Å². The van der Waals surface area contributed by atoms with Crippen molar-refractivity contribution in [3.63, 3.8) is 0 Å². The van der Waals surface area contributed by atoms with Crippen LogP contribution in [0.4, 0.5) is 0 Å². The van der Waals surface area contributed by atoms with Gasteiger partial charge in [0.2, 0.25) is 0 Å². The Balaban J connectivity index is 5.38. The normalized spacial score (nSPS) is 14.9. The van der Waals surface area contributed by atoms with Crippen molar-refractivity contribution in [1.29, 1.82) is 0 Å². The molecular weight excluding hydrogens is 182 g/mol. The number of hydrogen-bond acceptors (Lipinski definition) is 1. The highest BCUT2D eigenvalue weighted by atomic mass is 14.6. The van der Waals surface area contributed by atoms with E-state index >= 15 is 0 Å². The number of hydrogen-bond donors (Lipinski definition) is 1. The SMILES string of the molecule is C#CC(C=C)C(=C/C)/C(C)=C(/C)C(=C)N. The Bertz CT molecular complexity index is 361. The first kappa shape index (κ1) is 13.3. The van der Waals surface area contributed by atoms with Crippen LogP contribution in [0.25, 0.3) is 0 Å². The Hall–Kier alpha value is -1.68. The summed E-state index contributed by atoms with van der Waals surface area (Å²) < 4.78 is 0. The molecule has 0 aromatic heterocycles. The molecule has 0 saturated heterocycles. The molecule has 0 fully saturated rings. The van der Waals surface area contributed by atoms with E-state index < -0.39 is 0 Å². The number of nitrogens with two attached hydrogens (primary N) is 1. The van der Waals surface area contributed by atoms with E-state index in [2.05, 4.69) is 19.1 Å². The molecule has 15 heavy (non-hydrogen) atoms. The molecule has 0 amide bonds. The van der Waals surface area contributed by atoms with Gasteiger partial charge in [0.1, 0.15) is 0 Å². The van der Waals surface area contributed by atoms with Gasteiger partial charge in [0, 0.05) is 5.70 Å². The highest BCUT2D eigenvalue weighted by molar-refractivity contribution is 5.45. The second-order valence-corrected chi connectivity index (χ2v) is 3.40. The van der Waals surface area contributed by atoms with Crippen molar-refractivity contribution in [3.05, 3.63) is 47.7 Å². The summed E-state index contributed by atoms with van der Waals surface area (Å²) in [5.74, 6) is 2.62. The summed E-state index contributed by atoms with van der Waals surface area (Å²) in [5.41, 5.74) is 9.35. The molecule has 0 saturated carbocycles. The smallest absolute Gasteiger partial charge is 0.0627 e. The molecule has 0 aliphatic rings. The molecule has 0 aromatic rings. The molecule has 1 unspecified atom stereocenters. The zero-order chi connectivity index (χ0) is 12.0. The molecule has 1 heteroatoms. The van der Waals surface area contributed by atoms with E-state index in [1.54, 1.807) is 6.08 Å². The Kier molecular flexibility index (Phi) is 5.26. The van der Waals surface area contributed by atoms with Crippen LogP contribution in [0.1, 0.15) is 20.8 Å². The summed E-state index contributed by atoms with van der Waals surface area (Å²) in [6, 6.07) is 0. The molecule has 0 spiro atoms. The fourth-order valence-electron chi connectivity index (χ4n) is 1.37. The van der Waals surface area contributed by atoms with Gasteiger partial charge in [-0.15, -0.1) is 13.0 Å². The van der Waals surface area contributed by atoms with Crippen LogP contribution in [-0.4, -0.2) is 0 Å². The Labute approximate surface area is 93.1 Å². The average molecular weight is 201 g/mol. The standard InChI is InChI=1S/C14H19N/c1-7-13(8-2)14(9-3)11(5)10(4)12(6)15/h1,8-9,13H,2,6,15H2,3-5H3/b11-10-,14-9+. The lowest BCUT2D eigenvalue weighted by Crippen LogP contribution is -2.05. The second-order valence-electron chi connectivity index (χ2n) is 3.40. The van der Waals surface area contributed by atoms with Crippen LogP contribution >= 0.6 is 0 Å². The molecule has 0 bridgehead atoms. The molecule has 0 heterocycles. The number of allylic oxidation sites excluding steroid dienone is 5. The highest BCUT2D eigenvalue weighted by Crippen LogP contribution is 2.24. The van der Waals surface area contributed by atoms with Gasteiger partial charge < -0.3 is 5.73 Å². The van der Waals surface area contributed by atoms with Crippen LogP contribution in [0, 0.1) is 18.3 Å². The van der Waals surface area contributed by atoms with Gasteiger partial charge in [-0.1, -0.05) is 24.7 Å². The molecule has 0 radical (unpaired) electrons. The number of rotatable bonds is 4. The molecule has 2 N–H and O–H groups in total. The fourth-order valence-corrected chi connectivity index (χ4v) is 1.37. The Morgan fingerprint density at radius 2 is 1.93 bits per heavy atom. The van der Waals surface area contributed by atoms with Crippen LogP contribution in [0.2, 0.25) is 0 Å². The van der Waals surface area contributed by atoms with E-state index in [9.17, 15) is 0 Å². The minimum Gasteiger partial charge on any atom is -0.399 e. The maximum atomic E-state index is 5.66. The third-order valence-corrected chi connectivity index (χ3v) is 2.54. The van der Waals surface area contributed by atoms with Crippen molar-refractivity contribution >= 4 is 0 Å². The molecule has 0 aliphatic carbocycles. The lowest BCUT2D eigenvalue weighted by Gasteiger charge is -2.15. The van der Waals surface area contributed by atoms with Crippen molar-refractivity contribution in [2.75, 3.05) is 0 Å². The first-order valence-electron chi connectivity index (χ1n) is 4.87. The minimum atomic E-state index is -0.0655. The van der Waals surface area contributed by atoms with Crippen LogP contribution in [0.5, 0.6) is 0 Å². The van der Waals surface area contributed by atoms with E-state index in [4.69, 9.17) is 12.2 Å². The summed E-state index contributed by atoms with van der Waals surface area (Å²) in [5, 5.41) is 0. The maximum absolute atomic E-state index is 5.66. The zero-order valence-corrected chi connectivity index (χ0v) is 9.80. The molecule has 1 atom stereocenters. The van der Waals surface area contributed by atoms with Gasteiger partial charge in [0.15, 0.2) is 0 Å². The summed E-state index contributed by atoms with van der Waals surface area (Å²) in [6.45, 7) is 13.3. The molecular formula is C14H19N. The van der Waals surface area contributed by atoms with Crippen LogP contribution in [0.3, 0.4) is 0 Å². The van der Waals surface area contributed by atoms with E-state index in [0.717, 1.165) is 16.7 Å². The van der Waals surface area contributed by atoms with Gasteiger partial charge in [0.05, 0.1) is 5.92 Å². The van der Waals surface area contributed by atoms with Gasteiger partial charge in [-0.25, -0.2) is 0 Å². The predicted octanol–water partition coefficient (Wildman–Crippen LogP) is 3.18. The first-order chi connectivity index (χ1) is 6.99. The van der Waals surface area contributed by atoms with Gasteiger partial charge in [-0.05, 0) is 37.5 Å². The topological polar surface area (TPSA) is 26.0 Å². The largest absolute Gasteiger partial charge is 0.399 e. The number of terminal acetylenes is 1.